The minimum Gasteiger partial charge on any atom is -0.339 e. The molecule has 1 heterocycles. The summed E-state index contributed by atoms with van der Waals surface area (Å²) in [4.78, 5) is 39.0. The summed E-state index contributed by atoms with van der Waals surface area (Å²) in [6, 6.07) is 9.49. The summed E-state index contributed by atoms with van der Waals surface area (Å²) < 4.78 is 27.3. The van der Waals surface area contributed by atoms with Crippen molar-refractivity contribution in [2.75, 3.05) is 18.4 Å². The van der Waals surface area contributed by atoms with Gasteiger partial charge in [0.15, 0.2) is 5.78 Å². The molecule has 0 atom stereocenters. The van der Waals surface area contributed by atoms with Crippen molar-refractivity contribution in [3.05, 3.63) is 65.2 Å². The van der Waals surface area contributed by atoms with E-state index in [2.05, 4.69) is 10.6 Å². The zero-order chi connectivity index (χ0) is 22.0. The van der Waals surface area contributed by atoms with Gasteiger partial charge in [-0.15, -0.1) is 0 Å². The minimum atomic E-state index is -0.736. The molecule has 2 N–H and O–H groups in total. The number of urea groups is 1. The Bertz CT molecular complexity index is 1010. The number of Topliss-reactive ketones (excluding diaryl/α,β-unsaturated/α-hetero) is 1. The molecule has 2 aromatic rings. The lowest BCUT2D eigenvalue weighted by Gasteiger charge is -2.31. The first-order chi connectivity index (χ1) is 14.9. The monoisotopic (exact) mass is 427 g/mol. The lowest BCUT2D eigenvalue weighted by atomic mass is 9.88. The van der Waals surface area contributed by atoms with Crippen LogP contribution >= 0.6 is 0 Å². The van der Waals surface area contributed by atoms with Crippen molar-refractivity contribution in [2.24, 2.45) is 5.92 Å². The van der Waals surface area contributed by atoms with Crippen LogP contribution in [0.1, 0.15) is 46.4 Å². The molecule has 1 aliphatic heterocycles. The first-order valence-electron chi connectivity index (χ1n) is 10.4. The highest BCUT2D eigenvalue weighted by molar-refractivity contribution is 5.99. The number of hydrogen-bond donors (Lipinski definition) is 2. The average molecular weight is 427 g/mol. The van der Waals surface area contributed by atoms with Gasteiger partial charge in [0.1, 0.15) is 11.6 Å². The van der Waals surface area contributed by atoms with Gasteiger partial charge in [-0.1, -0.05) is 6.07 Å². The van der Waals surface area contributed by atoms with E-state index in [9.17, 15) is 23.2 Å². The predicted molar refractivity (Wildman–Crippen MR) is 111 cm³/mol. The zero-order valence-corrected chi connectivity index (χ0v) is 16.9. The van der Waals surface area contributed by atoms with Crippen LogP contribution in [-0.4, -0.2) is 41.8 Å². The molecule has 0 spiro atoms. The van der Waals surface area contributed by atoms with Gasteiger partial charge in [-0.3, -0.25) is 9.59 Å². The predicted octanol–water partition coefficient (Wildman–Crippen LogP) is 3.98. The first kappa shape index (κ1) is 21.0. The number of halogens is 2. The Morgan fingerprint density at radius 3 is 2.39 bits per heavy atom. The molecule has 0 radical (unpaired) electrons. The van der Waals surface area contributed by atoms with E-state index in [1.54, 1.807) is 29.2 Å². The number of ketones is 1. The summed E-state index contributed by atoms with van der Waals surface area (Å²) in [7, 11) is 0. The maximum absolute atomic E-state index is 13.9. The van der Waals surface area contributed by atoms with Crippen molar-refractivity contribution in [3.8, 4) is 0 Å². The largest absolute Gasteiger partial charge is 0.339 e. The van der Waals surface area contributed by atoms with Crippen LogP contribution in [0, 0.1) is 17.6 Å². The van der Waals surface area contributed by atoms with E-state index in [-0.39, 0.29) is 23.5 Å². The molecule has 1 aliphatic carbocycles. The number of nitrogens with zero attached hydrogens (tertiary/aromatic N) is 1. The van der Waals surface area contributed by atoms with Crippen LogP contribution in [0.3, 0.4) is 0 Å². The van der Waals surface area contributed by atoms with Gasteiger partial charge in [0, 0.05) is 36.3 Å². The Kier molecular flexibility index (Phi) is 5.97. The molecule has 0 unspecified atom stereocenters. The average Bonchev–Trinajstić information content (AvgIpc) is 3.58. The lowest BCUT2D eigenvalue weighted by Crippen LogP contribution is -2.40. The van der Waals surface area contributed by atoms with E-state index in [1.807, 2.05) is 0 Å². The van der Waals surface area contributed by atoms with Crippen molar-refractivity contribution < 1.29 is 23.2 Å². The first-order valence-corrected chi connectivity index (χ1v) is 10.4. The molecule has 31 heavy (non-hydrogen) atoms. The molecule has 3 amide bonds. The van der Waals surface area contributed by atoms with Crippen molar-refractivity contribution in [1.82, 2.24) is 10.2 Å². The molecular formula is C23H23F2N3O3. The van der Waals surface area contributed by atoms with E-state index in [4.69, 9.17) is 0 Å². The van der Waals surface area contributed by atoms with Gasteiger partial charge in [0.25, 0.3) is 5.91 Å². The second-order valence-corrected chi connectivity index (χ2v) is 8.01. The fourth-order valence-electron chi connectivity index (χ4n) is 3.74. The number of carbonyl (C=O) groups excluding carboxylic acids is 3. The number of rotatable bonds is 5. The van der Waals surface area contributed by atoms with Gasteiger partial charge in [0.2, 0.25) is 0 Å². The summed E-state index contributed by atoms with van der Waals surface area (Å²) in [5.74, 6) is -2.48. The summed E-state index contributed by atoms with van der Waals surface area (Å²) in [6.07, 6.45) is 2.72. The number of hydrogen-bond acceptors (Lipinski definition) is 3. The number of nitrogens with one attached hydrogen (secondary N) is 2. The topological polar surface area (TPSA) is 78.5 Å². The highest BCUT2D eigenvalue weighted by atomic mass is 19.1. The molecule has 2 aliphatic rings. The summed E-state index contributed by atoms with van der Waals surface area (Å²) in [5, 5.41) is 5.55. The Balaban J connectivity index is 1.35. The number of benzene rings is 2. The van der Waals surface area contributed by atoms with E-state index < -0.39 is 23.3 Å². The molecule has 2 fully saturated rings. The van der Waals surface area contributed by atoms with Crippen molar-refractivity contribution >= 4 is 23.4 Å². The third kappa shape index (κ3) is 5.07. The Labute approximate surface area is 178 Å². The van der Waals surface area contributed by atoms with Crippen molar-refractivity contribution in [1.29, 1.82) is 0 Å². The third-order valence-corrected chi connectivity index (χ3v) is 5.63. The highest BCUT2D eigenvalue weighted by Gasteiger charge is 2.30. The molecular weight excluding hydrogens is 404 g/mol. The summed E-state index contributed by atoms with van der Waals surface area (Å²) >= 11 is 0. The second kappa shape index (κ2) is 8.83. The van der Waals surface area contributed by atoms with Crippen LogP contribution in [0.5, 0.6) is 0 Å². The number of piperidine rings is 1. The van der Waals surface area contributed by atoms with Gasteiger partial charge >= 0.3 is 6.03 Å². The fraction of sp³-hybridized carbons (Fsp3) is 0.348. The highest BCUT2D eigenvalue weighted by Crippen LogP contribution is 2.25. The number of carbonyl (C=O) groups is 3. The van der Waals surface area contributed by atoms with E-state index in [0.717, 1.165) is 31.0 Å². The van der Waals surface area contributed by atoms with Crippen molar-refractivity contribution in [3.63, 3.8) is 0 Å². The standard InChI is InChI=1S/C23H23F2N3O3/c24-16-4-7-20(25)19(13-16)21(29)14-8-10-28(11-9-14)22(30)15-2-1-3-18(12-15)27-23(31)26-17-5-6-17/h1-4,7,12-14,17H,5-6,8-11H2,(H2,26,27,31). The smallest absolute Gasteiger partial charge is 0.319 e. The number of likely N-dealkylation sites (tertiary alicyclic amines) is 1. The maximum atomic E-state index is 13.9. The van der Waals surface area contributed by atoms with Crippen LogP contribution in [0.4, 0.5) is 19.3 Å². The molecule has 0 aromatic heterocycles. The third-order valence-electron chi connectivity index (χ3n) is 5.63. The van der Waals surface area contributed by atoms with Gasteiger partial charge in [-0.05, 0) is 62.1 Å². The van der Waals surface area contributed by atoms with Gasteiger partial charge in [-0.2, -0.15) is 0 Å². The maximum Gasteiger partial charge on any atom is 0.319 e. The molecule has 1 saturated heterocycles. The Morgan fingerprint density at radius 2 is 1.68 bits per heavy atom. The van der Waals surface area contributed by atoms with Crippen LogP contribution < -0.4 is 10.6 Å². The molecule has 4 rings (SSSR count). The fourth-order valence-corrected chi connectivity index (χ4v) is 3.74. The quantitative estimate of drug-likeness (QED) is 0.709. The van der Waals surface area contributed by atoms with Crippen molar-refractivity contribution in [2.45, 2.75) is 31.7 Å². The van der Waals surface area contributed by atoms with Crippen LogP contribution in [0.25, 0.3) is 0 Å². The van der Waals surface area contributed by atoms with E-state index >= 15 is 0 Å². The van der Waals surface area contributed by atoms with Crippen LogP contribution in [0.2, 0.25) is 0 Å². The van der Waals surface area contributed by atoms with E-state index in [1.165, 1.54) is 0 Å². The van der Waals surface area contributed by atoms with E-state index in [0.29, 0.717) is 37.2 Å². The number of anilines is 1. The van der Waals surface area contributed by atoms with Gasteiger partial charge < -0.3 is 15.5 Å². The Morgan fingerprint density at radius 1 is 0.935 bits per heavy atom. The molecule has 6 nitrogen and oxygen atoms in total. The normalized spacial score (nSPS) is 16.6. The SMILES string of the molecule is O=C(Nc1cccc(C(=O)N2CCC(C(=O)c3cc(F)ccc3F)CC2)c1)NC1CC1. The van der Waals surface area contributed by atoms with Crippen LogP contribution in [0.15, 0.2) is 42.5 Å². The minimum absolute atomic E-state index is 0.200. The molecule has 1 saturated carbocycles. The lowest BCUT2D eigenvalue weighted by molar-refractivity contribution is 0.0649. The summed E-state index contributed by atoms with van der Waals surface area (Å²) in [6.45, 7) is 0.679. The number of amides is 3. The molecule has 162 valence electrons. The van der Waals surface area contributed by atoms with Crippen LogP contribution in [-0.2, 0) is 0 Å². The second-order valence-electron chi connectivity index (χ2n) is 8.01. The van der Waals surface area contributed by atoms with Gasteiger partial charge in [0.05, 0.1) is 5.56 Å². The van der Waals surface area contributed by atoms with Gasteiger partial charge in [-0.25, -0.2) is 13.6 Å². The molecule has 0 bridgehead atoms. The molecule has 8 heteroatoms. The zero-order valence-electron chi connectivity index (χ0n) is 16.9. The Hall–Kier alpha value is -3.29. The summed E-state index contributed by atoms with van der Waals surface area (Å²) in [5.41, 5.74) is 0.717. The molecule has 2 aromatic carbocycles.